The van der Waals surface area contributed by atoms with E-state index in [-0.39, 0.29) is 15.7 Å². The van der Waals surface area contributed by atoms with E-state index in [2.05, 4.69) is 10.6 Å². The van der Waals surface area contributed by atoms with Crippen LogP contribution in [0.25, 0.3) is 0 Å². The van der Waals surface area contributed by atoms with Gasteiger partial charge in [0.15, 0.2) is 0 Å². The van der Waals surface area contributed by atoms with Gasteiger partial charge in [-0.3, -0.25) is 9.59 Å². The summed E-state index contributed by atoms with van der Waals surface area (Å²) >= 11 is 11.9. The summed E-state index contributed by atoms with van der Waals surface area (Å²) in [5, 5.41) is 5.52. The van der Waals surface area contributed by atoms with Crippen molar-refractivity contribution in [3.63, 3.8) is 0 Å². The second-order valence-electron chi connectivity index (χ2n) is 4.75. The van der Waals surface area contributed by atoms with Crippen molar-refractivity contribution in [3.8, 4) is 0 Å². The molecule has 0 bridgehead atoms. The minimum atomic E-state index is -0.837. The van der Waals surface area contributed by atoms with Gasteiger partial charge in [-0.25, -0.2) is 0 Å². The van der Waals surface area contributed by atoms with Crippen LogP contribution in [-0.2, 0) is 9.59 Å². The van der Waals surface area contributed by atoms with Crippen LogP contribution in [-0.4, -0.2) is 11.8 Å². The van der Waals surface area contributed by atoms with Crippen LogP contribution in [0.5, 0.6) is 0 Å². The van der Waals surface area contributed by atoms with Crippen LogP contribution in [0, 0.1) is 13.8 Å². The molecule has 0 radical (unpaired) electrons. The smallest absolute Gasteiger partial charge is 0.314 e. The van der Waals surface area contributed by atoms with Gasteiger partial charge in [0, 0.05) is 5.69 Å². The predicted molar refractivity (Wildman–Crippen MR) is 89.6 cm³/mol. The van der Waals surface area contributed by atoms with E-state index in [4.69, 9.17) is 23.2 Å². The summed E-state index contributed by atoms with van der Waals surface area (Å²) in [5.41, 5.74) is 2.73. The van der Waals surface area contributed by atoms with Crippen molar-refractivity contribution < 1.29 is 9.59 Å². The van der Waals surface area contributed by atoms with E-state index in [0.29, 0.717) is 5.69 Å². The first-order chi connectivity index (χ1) is 10.4. The lowest BCUT2D eigenvalue weighted by Gasteiger charge is -2.11. The van der Waals surface area contributed by atoms with Gasteiger partial charge in [0.05, 0.1) is 15.7 Å². The number of para-hydroxylation sites is 1. The quantitative estimate of drug-likeness (QED) is 0.808. The highest BCUT2D eigenvalue weighted by Crippen LogP contribution is 2.29. The Bertz CT molecular complexity index is 725. The Labute approximate surface area is 138 Å². The fourth-order valence-electron chi connectivity index (χ4n) is 1.85. The van der Waals surface area contributed by atoms with Crippen LogP contribution < -0.4 is 10.6 Å². The molecular formula is C16H14Cl2N2O2. The van der Waals surface area contributed by atoms with Crippen LogP contribution in [0.2, 0.25) is 10.0 Å². The first kappa shape index (κ1) is 16.3. The number of rotatable bonds is 2. The molecule has 0 heterocycles. The number of anilines is 2. The standard InChI is InChI=1S/C16H14Cl2N2O2/c1-9-5-3-8-13(10(9)2)19-15(21)16(22)20-14-11(17)6-4-7-12(14)18/h3-8H,1-2H3,(H,19,21)(H,20,22). The van der Waals surface area contributed by atoms with Gasteiger partial charge in [-0.2, -0.15) is 0 Å². The molecule has 0 aliphatic carbocycles. The number of hydrogen-bond donors (Lipinski definition) is 2. The zero-order valence-corrected chi connectivity index (χ0v) is 13.5. The van der Waals surface area contributed by atoms with Gasteiger partial charge < -0.3 is 10.6 Å². The van der Waals surface area contributed by atoms with E-state index in [0.717, 1.165) is 11.1 Å². The van der Waals surface area contributed by atoms with Crippen LogP contribution in [0.4, 0.5) is 11.4 Å². The fraction of sp³-hybridized carbons (Fsp3) is 0.125. The van der Waals surface area contributed by atoms with E-state index in [1.807, 2.05) is 19.9 Å². The molecule has 114 valence electrons. The van der Waals surface area contributed by atoms with E-state index in [1.165, 1.54) is 0 Å². The summed E-state index contributed by atoms with van der Waals surface area (Å²) in [6.45, 7) is 3.79. The Morgan fingerprint density at radius 1 is 0.864 bits per heavy atom. The third-order valence-corrected chi connectivity index (χ3v) is 3.89. The Balaban J connectivity index is 2.13. The van der Waals surface area contributed by atoms with Crippen molar-refractivity contribution in [3.05, 3.63) is 57.6 Å². The summed E-state index contributed by atoms with van der Waals surface area (Å²) in [6, 6.07) is 10.3. The van der Waals surface area contributed by atoms with Crippen molar-refractivity contribution in [1.82, 2.24) is 0 Å². The third-order valence-electron chi connectivity index (χ3n) is 3.26. The lowest BCUT2D eigenvalue weighted by atomic mass is 10.1. The Morgan fingerprint density at radius 2 is 1.41 bits per heavy atom. The molecule has 0 fully saturated rings. The molecule has 4 nitrogen and oxygen atoms in total. The Morgan fingerprint density at radius 3 is 2.05 bits per heavy atom. The van der Waals surface area contributed by atoms with Gasteiger partial charge in [0.1, 0.15) is 0 Å². The highest BCUT2D eigenvalue weighted by molar-refractivity contribution is 6.46. The number of amides is 2. The molecule has 22 heavy (non-hydrogen) atoms. The Hall–Kier alpha value is -2.04. The maximum absolute atomic E-state index is 12.0. The number of halogens is 2. The molecule has 0 unspecified atom stereocenters. The fourth-order valence-corrected chi connectivity index (χ4v) is 2.35. The zero-order valence-electron chi connectivity index (χ0n) is 12.0. The minimum Gasteiger partial charge on any atom is -0.318 e. The molecule has 0 aliphatic heterocycles. The number of hydrogen-bond acceptors (Lipinski definition) is 2. The molecule has 2 amide bonds. The summed E-state index contributed by atoms with van der Waals surface area (Å²) < 4.78 is 0. The molecule has 0 spiro atoms. The topological polar surface area (TPSA) is 58.2 Å². The second kappa shape index (κ2) is 6.81. The third kappa shape index (κ3) is 3.59. The minimum absolute atomic E-state index is 0.215. The SMILES string of the molecule is Cc1cccc(NC(=O)C(=O)Nc2c(Cl)cccc2Cl)c1C. The summed E-state index contributed by atoms with van der Waals surface area (Å²) in [7, 11) is 0. The van der Waals surface area contributed by atoms with Gasteiger partial charge in [-0.1, -0.05) is 41.4 Å². The molecule has 6 heteroatoms. The van der Waals surface area contributed by atoms with Crippen molar-refractivity contribution >= 4 is 46.4 Å². The van der Waals surface area contributed by atoms with E-state index < -0.39 is 11.8 Å². The zero-order chi connectivity index (χ0) is 16.3. The summed E-state index contributed by atoms with van der Waals surface area (Å²) in [5.74, 6) is -1.62. The maximum Gasteiger partial charge on any atom is 0.314 e. The number of carbonyl (C=O) groups excluding carboxylic acids is 2. The highest BCUT2D eigenvalue weighted by Gasteiger charge is 2.17. The molecule has 2 rings (SSSR count). The molecule has 0 atom stereocenters. The number of benzene rings is 2. The van der Waals surface area contributed by atoms with E-state index in [9.17, 15) is 9.59 Å². The van der Waals surface area contributed by atoms with Crippen molar-refractivity contribution in [1.29, 1.82) is 0 Å². The molecule has 0 saturated heterocycles. The predicted octanol–water partition coefficient (Wildman–Crippen LogP) is 4.19. The highest BCUT2D eigenvalue weighted by atomic mass is 35.5. The lowest BCUT2D eigenvalue weighted by Crippen LogP contribution is -2.29. The van der Waals surface area contributed by atoms with Gasteiger partial charge in [-0.15, -0.1) is 0 Å². The molecule has 2 aromatic carbocycles. The van der Waals surface area contributed by atoms with Crippen molar-refractivity contribution in [2.75, 3.05) is 10.6 Å². The average Bonchev–Trinajstić information content (AvgIpc) is 2.47. The lowest BCUT2D eigenvalue weighted by molar-refractivity contribution is -0.133. The van der Waals surface area contributed by atoms with Crippen LogP contribution in [0.3, 0.4) is 0 Å². The number of nitrogens with one attached hydrogen (secondary N) is 2. The summed E-state index contributed by atoms with van der Waals surface area (Å²) in [4.78, 5) is 24.0. The van der Waals surface area contributed by atoms with E-state index in [1.54, 1.807) is 30.3 Å². The second-order valence-corrected chi connectivity index (χ2v) is 5.57. The van der Waals surface area contributed by atoms with Crippen LogP contribution in [0.1, 0.15) is 11.1 Å². The molecule has 0 saturated carbocycles. The first-order valence-corrected chi connectivity index (χ1v) is 7.28. The monoisotopic (exact) mass is 336 g/mol. The number of aryl methyl sites for hydroxylation is 1. The van der Waals surface area contributed by atoms with E-state index >= 15 is 0 Å². The summed E-state index contributed by atoms with van der Waals surface area (Å²) in [6.07, 6.45) is 0. The number of carbonyl (C=O) groups is 2. The first-order valence-electron chi connectivity index (χ1n) is 6.52. The van der Waals surface area contributed by atoms with Crippen LogP contribution >= 0.6 is 23.2 Å². The molecule has 2 aromatic rings. The van der Waals surface area contributed by atoms with Gasteiger partial charge >= 0.3 is 11.8 Å². The van der Waals surface area contributed by atoms with Gasteiger partial charge in [-0.05, 0) is 43.2 Å². The molecular weight excluding hydrogens is 323 g/mol. The van der Waals surface area contributed by atoms with Crippen molar-refractivity contribution in [2.24, 2.45) is 0 Å². The van der Waals surface area contributed by atoms with Crippen molar-refractivity contribution in [2.45, 2.75) is 13.8 Å². The van der Waals surface area contributed by atoms with Crippen LogP contribution in [0.15, 0.2) is 36.4 Å². The average molecular weight is 337 g/mol. The molecule has 0 aliphatic rings. The maximum atomic E-state index is 12.0. The normalized spacial score (nSPS) is 10.2. The van der Waals surface area contributed by atoms with Gasteiger partial charge in [0.25, 0.3) is 0 Å². The molecule has 0 aromatic heterocycles. The largest absolute Gasteiger partial charge is 0.318 e. The Kier molecular flexibility index (Phi) is 5.06. The van der Waals surface area contributed by atoms with Gasteiger partial charge in [0.2, 0.25) is 0 Å². The molecule has 2 N–H and O–H groups in total.